The van der Waals surface area contributed by atoms with E-state index in [0.717, 1.165) is 17.2 Å². The second-order valence-corrected chi connectivity index (χ2v) is 6.27. The van der Waals surface area contributed by atoms with Gasteiger partial charge in [0.15, 0.2) is 0 Å². The fraction of sp³-hybridized carbons (Fsp3) is 0.286. The third kappa shape index (κ3) is 5.71. The molecule has 1 atom stereocenters. The number of ether oxygens (including phenoxy) is 2. The number of nitrogens with zero attached hydrogens (tertiary/aromatic N) is 1. The van der Waals surface area contributed by atoms with Crippen LogP contribution in [0.2, 0.25) is 0 Å². The Morgan fingerprint density at radius 2 is 1.52 bits per heavy atom. The first kappa shape index (κ1) is 20.2. The number of benzene rings is 2. The first-order valence-electron chi connectivity index (χ1n) is 9.48. The highest BCUT2D eigenvalue weighted by Gasteiger charge is 2.28. The van der Waals surface area contributed by atoms with Crippen molar-refractivity contribution in [3.05, 3.63) is 48.5 Å². The van der Waals surface area contributed by atoms with Crippen molar-refractivity contribution in [2.24, 2.45) is 4.99 Å². The molecule has 1 aliphatic heterocycles. The van der Waals surface area contributed by atoms with Crippen molar-refractivity contribution < 1.29 is 19.1 Å². The van der Waals surface area contributed by atoms with Crippen LogP contribution in [0, 0.1) is 0 Å². The minimum atomic E-state index is -0.775. The molecular weight excluding hydrogens is 372 g/mol. The van der Waals surface area contributed by atoms with Crippen LogP contribution in [0.4, 0.5) is 11.4 Å². The summed E-state index contributed by atoms with van der Waals surface area (Å²) in [5.41, 5.74) is 1.39. The van der Waals surface area contributed by atoms with Gasteiger partial charge in [-0.2, -0.15) is 0 Å². The highest BCUT2D eigenvalue weighted by Crippen LogP contribution is 2.18. The molecule has 1 heterocycles. The number of guanidine groups is 1. The molecule has 1 aliphatic rings. The van der Waals surface area contributed by atoms with Crippen molar-refractivity contribution in [3.8, 4) is 11.5 Å². The number of hydrogen-bond donors (Lipinski definition) is 3. The number of hydrogen-bond acceptors (Lipinski definition) is 6. The Morgan fingerprint density at radius 1 is 0.966 bits per heavy atom. The molecule has 152 valence electrons. The van der Waals surface area contributed by atoms with Crippen molar-refractivity contribution in [2.75, 3.05) is 23.8 Å². The summed E-state index contributed by atoms with van der Waals surface area (Å²) < 4.78 is 10.8. The van der Waals surface area contributed by atoms with Gasteiger partial charge in [0.05, 0.1) is 19.6 Å². The van der Waals surface area contributed by atoms with Crippen LogP contribution in [0.5, 0.6) is 11.5 Å². The van der Waals surface area contributed by atoms with Gasteiger partial charge in [-0.3, -0.25) is 14.9 Å². The molecule has 0 saturated carbocycles. The lowest BCUT2D eigenvalue weighted by molar-refractivity contribution is -0.123. The van der Waals surface area contributed by atoms with E-state index in [2.05, 4.69) is 20.9 Å². The molecule has 0 bridgehead atoms. The molecule has 3 rings (SSSR count). The van der Waals surface area contributed by atoms with Gasteiger partial charge in [-0.05, 0) is 62.4 Å². The highest BCUT2D eigenvalue weighted by atomic mass is 16.5. The lowest BCUT2D eigenvalue weighted by Crippen LogP contribution is -2.33. The molecule has 8 nitrogen and oxygen atoms in total. The molecule has 0 aliphatic carbocycles. The molecular formula is C21H24N4O4. The van der Waals surface area contributed by atoms with Gasteiger partial charge in [-0.15, -0.1) is 0 Å². The first-order valence-corrected chi connectivity index (χ1v) is 9.48. The third-order valence-electron chi connectivity index (χ3n) is 4.09. The summed E-state index contributed by atoms with van der Waals surface area (Å²) in [5, 5.41) is 8.45. The Balaban J connectivity index is 1.54. The average Bonchev–Trinajstić information content (AvgIpc) is 3.04. The van der Waals surface area contributed by atoms with E-state index in [4.69, 9.17) is 9.47 Å². The normalized spacial score (nSPS) is 15.3. The molecule has 0 fully saturated rings. The van der Waals surface area contributed by atoms with Crippen LogP contribution in [-0.2, 0) is 9.59 Å². The van der Waals surface area contributed by atoms with Crippen LogP contribution in [0.15, 0.2) is 53.5 Å². The van der Waals surface area contributed by atoms with Gasteiger partial charge in [0.25, 0.3) is 5.91 Å². The highest BCUT2D eigenvalue weighted by molar-refractivity contribution is 6.11. The van der Waals surface area contributed by atoms with E-state index >= 15 is 0 Å². The van der Waals surface area contributed by atoms with E-state index in [0.29, 0.717) is 24.9 Å². The lowest BCUT2D eigenvalue weighted by atomic mass is 10.2. The van der Waals surface area contributed by atoms with Crippen LogP contribution >= 0.6 is 0 Å². The molecule has 3 N–H and O–H groups in total. The second kappa shape index (κ2) is 9.59. The Kier molecular flexibility index (Phi) is 6.67. The Labute approximate surface area is 169 Å². The summed E-state index contributed by atoms with van der Waals surface area (Å²) in [4.78, 5) is 28.7. The van der Waals surface area contributed by atoms with E-state index in [9.17, 15) is 9.59 Å². The van der Waals surface area contributed by atoms with Crippen LogP contribution in [-0.4, -0.2) is 37.0 Å². The van der Waals surface area contributed by atoms with Gasteiger partial charge in [-0.1, -0.05) is 0 Å². The number of aliphatic imine (C=N–C) groups is 1. The summed E-state index contributed by atoms with van der Waals surface area (Å²) >= 11 is 0. The summed E-state index contributed by atoms with van der Waals surface area (Å²) in [6, 6.07) is 13.6. The Bertz CT molecular complexity index is 879. The van der Waals surface area contributed by atoms with Crippen LogP contribution < -0.4 is 25.4 Å². The monoisotopic (exact) mass is 396 g/mol. The van der Waals surface area contributed by atoms with Crippen molar-refractivity contribution in [1.29, 1.82) is 0 Å². The smallest absolute Gasteiger partial charge is 0.252 e. The van der Waals surface area contributed by atoms with Gasteiger partial charge in [0, 0.05) is 11.4 Å². The first-order chi connectivity index (χ1) is 14.1. The van der Waals surface area contributed by atoms with Crippen LogP contribution in [0.25, 0.3) is 0 Å². The summed E-state index contributed by atoms with van der Waals surface area (Å²) in [5.74, 6) is 1.20. The number of carbonyl (C=O) groups is 2. The van der Waals surface area contributed by atoms with Crippen LogP contribution in [0.3, 0.4) is 0 Å². The number of anilines is 2. The molecule has 8 heteroatoms. The zero-order chi connectivity index (χ0) is 20.6. The predicted molar refractivity (Wildman–Crippen MR) is 111 cm³/mol. The van der Waals surface area contributed by atoms with Crippen molar-refractivity contribution in [3.63, 3.8) is 0 Å². The summed E-state index contributed by atoms with van der Waals surface area (Å²) in [6.45, 7) is 4.99. The van der Waals surface area contributed by atoms with Crippen molar-refractivity contribution >= 4 is 29.1 Å². The largest absolute Gasteiger partial charge is 0.494 e. The van der Waals surface area contributed by atoms with E-state index in [1.807, 2.05) is 38.1 Å². The summed E-state index contributed by atoms with van der Waals surface area (Å²) in [6.07, 6.45) is -0.0481. The molecule has 2 aromatic rings. The van der Waals surface area contributed by atoms with Crippen LogP contribution in [0.1, 0.15) is 20.3 Å². The Morgan fingerprint density at radius 3 is 2.07 bits per heavy atom. The minimum Gasteiger partial charge on any atom is -0.494 e. The quantitative estimate of drug-likeness (QED) is 0.637. The van der Waals surface area contributed by atoms with Gasteiger partial charge in [0.1, 0.15) is 17.5 Å². The van der Waals surface area contributed by atoms with E-state index in [-0.39, 0.29) is 18.2 Å². The SMILES string of the molecule is CCOc1ccc(NC(=O)C[C@H]2N=C(Nc3ccc(OCC)cc3)NC2=O)cc1. The van der Waals surface area contributed by atoms with Gasteiger partial charge >= 0.3 is 0 Å². The lowest BCUT2D eigenvalue weighted by Gasteiger charge is -2.08. The Hall–Kier alpha value is -3.55. The fourth-order valence-electron chi connectivity index (χ4n) is 2.78. The zero-order valence-corrected chi connectivity index (χ0v) is 16.4. The molecule has 2 aromatic carbocycles. The maximum absolute atomic E-state index is 12.3. The van der Waals surface area contributed by atoms with Crippen molar-refractivity contribution in [1.82, 2.24) is 5.32 Å². The fourth-order valence-corrected chi connectivity index (χ4v) is 2.78. The topological polar surface area (TPSA) is 101 Å². The number of amides is 2. The summed E-state index contributed by atoms with van der Waals surface area (Å²) in [7, 11) is 0. The number of rotatable bonds is 8. The predicted octanol–water partition coefficient (Wildman–Crippen LogP) is 2.78. The maximum atomic E-state index is 12.3. The molecule has 0 spiro atoms. The molecule has 0 unspecified atom stereocenters. The van der Waals surface area contributed by atoms with Gasteiger partial charge < -0.3 is 20.1 Å². The standard InChI is InChI=1S/C21H24N4O4/c1-3-28-16-9-5-14(6-10-16)22-19(26)13-18-20(27)25-21(24-18)23-15-7-11-17(12-8-15)29-4-2/h5-12,18H,3-4,13H2,1-2H3,(H,22,26)(H2,23,24,25,27)/t18-/m1/s1. The van der Waals surface area contributed by atoms with Gasteiger partial charge in [0.2, 0.25) is 11.9 Å². The maximum Gasteiger partial charge on any atom is 0.252 e. The molecule has 0 aromatic heterocycles. The number of carbonyl (C=O) groups excluding carboxylic acids is 2. The zero-order valence-electron chi connectivity index (χ0n) is 16.4. The average molecular weight is 396 g/mol. The van der Waals surface area contributed by atoms with Crippen molar-refractivity contribution in [2.45, 2.75) is 26.3 Å². The molecule has 29 heavy (non-hydrogen) atoms. The van der Waals surface area contributed by atoms with E-state index in [1.54, 1.807) is 24.3 Å². The number of nitrogens with one attached hydrogen (secondary N) is 3. The van der Waals surface area contributed by atoms with Gasteiger partial charge in [-0.25, -0.2) is 4.99 Å². The molecule has 2 amide bonds. The minimum absolute atomic E-state index is 0.0481. The second-order valence-electron chi connectivity index (χ2n) is 6.27. The molecule has 0 saturated heterocycles. The van der Waals surface area contributed by atoms with E-state index in [1.165, 1.54) is 0 Å². The van der Waals surface area contributed by atoms with E-state index < -0.39 is 6.04 Å². The third-order valence-corrected chi connectivity index (χ3v) is 4.09. The molecule has 0 radical (unpaired) electrons.